The standard InChI is InChI=1S/C12H27NS/c1-4-6-7-9-12(3)13-10-8-11-14-5-2/h12-13H,4-11H2,1-3H3. The van der Waals surface area contributed by atoms with Crippen molar-refractivity contribution in [2.24, 2.45) is 0 Å². The van der Waals surface area contributed by atoms with Gasteiger partial charge in [-0.05, 0) is 37.8 Å². The van der Waals surface area contributed by atoms with E-state index in [-0.39, 0.29) is 0 Å². The van der Waals surface area contributed by atoms with Gasteiger partial charge >= 0.3 is 0 Å². The maximum Gasteiger partial charge on any atom is 0.00387 e. The zero-order chi connectivity index (χ0) is 10.6. The van der Waals surface area contributed by atoms with Crippen molar-refractivity contribution in [1.82, 2.24) is 5.32 Å². The summed E-state index contributed by atoms with van der Waals surface area (Å²) in [6.45, 7) is 7.99. The smallest absolute Gasteiger partial charge is 0.00387 e. The van der Waals surface area contributed by atoms with E-state index in [4.69, 9.17) is 0 Å². The second-order valence-corrected chi connectivity index (χ2v) is 5.30. The highest BCUT2D eigenvalue weighted by atomic mass is 32.2. The van der Waals surface area contributed by atoms with E-state index >= 15 is 0 Å². The molecule has 0 aliphatic rings. The highest BCUT2D eigenvalue weighted by Gasteiger charge is 1.99. The molecule has 0 aliphatic carbocycles. The van der Waals surface area contributed by atoms with Crippen molar-refractivity contribution in [3.8, 4) is 0 Å². The zero-order valence-electron chi connectivity index (χ0n) is 10.1. The van der Waals surface area contributed by atoms with Gasteiger partial charge in [0.05, 0.1) is 0 Å². The van der Waals surface area contributed by atoms with Crippen LogP contribution in [0.2, 0.25) is 0 Å². The first-order valence-corrected chi connectivity index (χ1v) is 7.27. The van der Waals surface area contributed by atoms with Crippen molar-refractivity contribution in [3.63, 3.8) is 0 Å². The summed E-state index contributed by atoms with van der Waals surface area (Å²) in [5.41, 5.74) is 0. The van der Waals surface area contributed by atoms with Crippen LogP contribution in [-0.2, 0) is 0 Å². The van der Waals surface area contributed by atoms with Gasteiger partial charge < -0.3 is 5.32 Å². The third kappa shape index (κ3) is 10.4. The number of hydrogen-bond acceptors (Lipinski definition) is 2. The third-order valence-corrected chi connectivity index (χ3v) is 3.39. The lowest BCUT2D eigenvalue weighted by Gasteiger charge is -2.12. The molecule has 0 aliphatic heterocycles. The molecule has 0 fully saturated rings. The van der Waals surface area contributed by atoms with Gasteiger partial charge in [0, 0.05) is 6.04 Å². The van der Waals surface area contributed by atoms with Crippen LogP contribution in [0.5, 0.6) is 0 Å². The Morgan fingerprint density at radius 3 is 2.57 bits per heavy atom. The quantitative estimate of drug-likeness (QED) is 0.560. The molecule has 0 heterocycles. The van der Waals surface area contributed by atoms with E-state index in [1.165, 1.54) is 50.2 Å². The van der Waals surface area contributed by atoms with E-state index in [2.05, 4.69) is 26.1 Å². The fraction of sp³-hybridized carbons (Fsp3) is 1.00. The van der Waals surface area contributed by atoms with Crippen LogP contribution in [-0.4, -0.2) is 24.1 Å². The summed E-state index contributed by atoms with van der Waals surface area (Å²) in [7, 11) is 0. The minimum absolute atomic E-state index is 0.716. The Hall–Kier alpha value is 0.310. The molecule has 0 aromatic carbocycles. The first kappa shape index (κ1) is 14.3. The van der Waals surface area contributed by atoms with Gasteiger partial charge in [0.2, 0.25) is 0 Å². The van der Waals surface area contributed by atoms with Crippen molar-refractivity contribution in [2.45, 2.75) is 58.9 Å². The molecule has 1 atom stereocenters. The average molecular weight is 217 g/mol. The molecule has 0 bridgehead atoms. The van der Waals surface area contributed by atoms with Crippen molar-refractivity contribution < 1.29 is 0 Å². The van der Waals surface area contributed by atoms with Crippen molar-refractivity contribution in [1.29, 1.82) is 0 Å². The van der Waals surface area contributed by atoms with Crippen LogP contribution in [0.4, 0.5) is 0 Å². The van der Waals surface area contributed by atoms with Crippen LogP contribution >= 0.6 is 11.8 Å². The lowest BCUT2D eigenvalue weighted by atomic mass is 10.1. The molecule has 1 unspecified atom stereocenters. The van der Waals surface area contributed by atoms with E-state index in [0.29, 0.717) is 6.04 Å². The Labute approximate surface area is 94.4 Å². The SMILES string of the molecule is CCCCCC(C)NCCCSCC. The molecule has 2 heteroatoms. The fourth-order valence-corrected chi connectivity index (χ4v) is 2.11. The minimum Gasteiger partial charge on any atom is -0.314 e. The number of thioether (sulfide) groups is 1. The molecule has 0 saturated heterocycles. The summed E-state index contributed by atoms with van der Waals surface area (Å²) in [4.78, 5) is 0. The minimum atomic E-state index is 0.716. The number of hydrogen-bond donors (Lipinski definition) is 1. The molecule has 0 rings (SSSR count). The van der Waals surface area contributed by atoms with Gasteiger partial charge in [-0.15, -0.1) is 0 Å². The molecule has 0 amide bonds. The van der Waals surface area contributed by atoms with Gasteiger partial charge in [0.15, 0.2) is 0 Å². The molecule has 1 N–H and O–H groups in total. The van der Waals surface area contributed by atoms with Crippen LogP contribution < -0.4 is 5.32 Å². The molecule has 0 aromatic heterocycles. The Morgan fingerprint density at radius 2 is 1.93 bits per heavy atom. The van der Waals surface area contributed by atoms with E-state index in [1.807, 2.05) is 11.8 Å². The molecular formula is C12H27NS. The van der Waals surface area contributed by atoms with Crippen LogP contribution in [0, 0.1) is 0 Å². The van der Waals surface area contributed by atoms with E-state index in [9.17, 15) is 0 Å². The van der Waals surface area contributed by atoms with Gasteiger partial charge in [-0.2, -0.15) is 11.8 Å². The first-order chi connectivity index (χ1) is 6.81. The lowest BCUT2D eigenvalue weighted by Crippen LogP contribution is -2.27. The summed E-state index contributed by atoms with van der Waals surface area (Å²) in [6, 6.07) is 0.716. The lowest BCUT2D eigenvalue weighted by molar-refractivity contribution is 0.488. The number of nitrogens with one attached hydrogen (secondary N) is 1. The summed E-state index contributed by atoms with van der Waals surface area (Å²) >= 11 is 2.04. The topological polar surface area (TPSA) is 12.0 Å². The molecule has 0 saturated carbocycles. The molecule has 0 radical (unpaired) electrons. The Bertz CT molecular complexity index is 106. The van der Waals surface area contributed by atoms with E-state index < -0.39 is 0 Å². The van der Waals surface area contributed by atoms with Crippen LogP contribution in [0.15, 0.2) is 0 Å². The summed E-state index contributed by atoms with van der Waals surface area (Å²) in [5.74, 6) is 2.57. The Kier molecular flexibility index (Phi) is 11.6. The second kappa shape index (κ2) is 11.4. The molecule has 1 nitrogen and oxygen atoms in total. The highest BCUT2D eigenvalue weighted by molar-refractivity contribution is 7.99. The molecule has 86 valence electrons. The van der Waals surface area contributed by atoms with Crippen LogP contribution in [0.25, 0.3) is 0 Å². The van der Waals surface area contributed by atoms with E-state index in [1.54, 1.807) is 0 Å². The van der Waals surface area contributed by atoms with Gasteiger partial charge in [0.25, 0.3) is 0 Å². The number of rotatable bonds is 10. The second-order valence-electron chi connectivity index (χ2n) is 3.90. The molecule has 0 aromatic rings. The Balaban J connectivity index is 3.06. The van der Waals surface area contributed by atoms with E-state index in [0.717, 1.165) is 0 Å². The fourth-order valence-electron chi connectivity index (χ4n) is 1.47. The zero-order valence-corrected chi connectivity index (χ0v) is 11.0. The van der Waals surface area contributed by atoms with Gasteiger partial charge in [0.1, 0.15) is 0 Å². The van der Waals surface area contributed by atoms with Gasteiger partial charge in [-0.1, -0.05) is 33.1 Å². The Morgan fingerprint density at radius 1 is 1.14 bits per heavy atom. The molecule has 0 spiro atoms. The summed E-state index contributed by atoms with van der Waals surface area (Å²) in [5, 5.41) is 3.59. The highest BCUT2D eigenvalue weighted by Crippen LogP contribution is 2.03. The molecule has 14 heavy (non-hydrogen) atoms. The van der Waals surface area contributed by atoms with Crippen LogP contribution in [0.1, 0.15) is 52.9 Å². The van der Waals surface area contributed by atoms with Crippen molar-refractivity contribution in [3.05, 3.63) is 0 Å². The van der Waals surface area contributed by atoms with Crippen molar-refractivity contribution >= 4 is 11.8 Å². The maximum absolute atomic E-state index is 3.59. The monoisotopic (exact) mass is 217 g/mol. The largest absolute Gasteiger partial charge is 0.314 e. The van der Waals surface area contributed by atoms with Crippen molar-refractivity contribution in [2.75, 3.05) is 18.1 Å². The predicted octanol–water partition coefficient (Wildman–Crippen LogP) is 3.69. The normalized spacial score (nSPS) is 13.1. The summed E-state index contributed by atoms with van der Waals surface area (Å²) in [6.07, 6.45) is 6.76. The summed E-state index contributed by atoms with van der Waals surface area (Å²) < 4.78 is 0. The van der Waals surface area contributed by atoms with Gasteiger partial charge in [-0.3, -0.25) is 0 Å². The maximum atomic E-state index is 3.59. The number of unbranched alkanes of at least 4 members (excludes halogenated alkanes) is 2. The third-order valence-electron chi connectivity index (χ3n) is 2.40. The predicted molar refractivity (Wildman–Crippen MR) is 69.2 cm³/mol. The van der Waals surface area contributed by atoms with Gasteiger partial charge in [-0.25, -0.2) is 0 Å². The van der Waals surface area contributed by atoms with Crippen LogP contribution in [0.3, 0.4) is 0 Å². The molecular weight excluding hydrogens is 190 g/mol. The first-order valence-electron chi connectivity index (χ1n) is 6.12. The average Bonchev–Trinajstić information content (AvgIpc) is 2.18.